The van der Waals surface area contributed by atoms with Crippen LogP contribution in [0.2, 0.25) is 0 Å². The minimum atomic E-state index is -1.17. The number of benzene rings is 1. The van der Waals surface area contributed by atoms with Crippen LogP contribution in [0.5, 0.6) is 5.75 Å². The molecule has 3 N–H and O–H groups in total. The number of carbonyl (C=O) groups excluding carboxylic acids is 1. The van der Waals surface area contributed by atoms with Crippen LogP contribution in [0.3, 0.4) is 0 Å². The summed E-state index contributed by atoms with van der Waals surface area (Å²) in [5, 5.41) is 24.3. The number of phenols is 1. The van der Waals surface area contributed by atoms with Gasteiger partial charge < -0.3 is 15.5 Å². The molecule has 2 aromatic rings. The predicted octanol–water partition coefficient (Wildman–Crippen LogP) is 1.08. The lowest BCUT2D eigenvalue weighted by Gasteiger charge is -2.06. The Morgan fingerprint density at radius 1 is 1.26 bits per heavy atom. The monoisotopic (exact) mass is 261 g/mol. The zero-order chi connectivity index (χ0) is 14.0. The van der Waals surface area contributed by atoms with Crippen LogP contribution in [0.1, 0.15) is 20.7 Å². The first-order valence-electron chi connectivity index (χ1n) is 5.34. The number of aromatic carboxylic acids is 1. The Morgan fingerprint density at radius 3 is 2.47 bits per heavy atom. The molecule has 0 bridgehead atoms. The molecule has 19 heavy (non-hydrogen) atoms. The fourth-order valence-corrected chi connectivity index (χ4v) is 1.53. The van der Waals surface area contributed by atoms with Crippen molar-refractivity contribution >= 4 is 17.7 Å². The zero-order valence-electron chi connectivity index (χ0n) is 9.99. The van der Waals surface area contributed by atoms with E-state index in [9.17, 15) is 9.59 Å². The Kier molecular flexibility index (Phi) is 3.19. The maximum Gasteiger partial charge on any atom is 0.341 e. The molecule has 1 aromatic heterocycles. The number of hydrogen-bond donors (Lipinski definition) is 3. The predicted molar refractivity (Wildman–Crippen MR) is 66.2 cm³/mol. The van der Waals surface area contributed by atoms with Crippen LogP contribution in [-0.4, -0.2) is 31.9 Å². The van der Waals surface area contributed by atoms with E-state index in [1.54, 1.807) is 0 Å². The molecule has 7 heteroatoms. The number of hydrogen-bond acceptors (Lipinski definition) is 4. The van der Waals surface area contributed by atoms with Crippen LogP contribution in [0.15, 0.2) is 30.5 Å². The second-order valence-electron chi connectivity index (χ2n) is 3.84. The lowest BCUT2D eigenvalue weighted by atomic mass is 10.2. The van der Waals surface area contributed by atoms with Crippen LogP contribution >= 0.6 is 0 Å². The van der Waals surface area contributed by atoms with E-state index < -0.39 is 11.9 Å². The third-order valence-electron chi connectivity index (χ3n) is 2.53. The third kappa shape index (κ3) is 2.54. The molecule has 0 atom stereocenters. The van der Waals surface area contributed by atoms with Gasteiger partial charge >= 0.3 is 5.97 Å². The van der Waals surface area contributed by atoms with E-state index in [4.69, 9.17) is 10.2 Å². The quantitative estimate of drug-likeness (QED) is 0.766. The van der Waals surface area contributed by atoms with Crippen LogP contribution in [-0.2, 0) is 7.05 Å². The number of aromatic nitrogens is 2. The first-order valence-corrected chi connectivity index (χ1v) is 5.34. The van der Waals surface area contributed by atoms with E-state index >= 15 is 0 Å². The van der Waals surface area contributed by atoms with Crippen molar-refractivity contribution in [3.8, 4) is 5.75 Å². The van der Waals surface area contributed by atoms with Gasteiger partial charge in [0.1, 0.15) is 17.1 Å². The van der Waals surface area contributed by atoms with E-state index in [1.165, 1.54) is 36.0 Å². The summed E-state index contributed by atoms with van der Waals surface area (Å²) in [6.07, 6.45) is 1.16. The number of carbonyl (C=O) groups is 2. The highest BCUT2D eigenvalue weighted by Gasteiger charge is 2.17. The molecule has 0 unspecified atom stereocenters. The largest absolute Gasteiger partial charge is 0.508 e. The molecule has 7 nitrogen and oxygen atoms in total. The van der Waals surface area contributed by atoms with Gasteiger partial charge in [-0.15, -0.1) is 0 Å². The number of nitrogens with one attached hydrogen (secondary N) is 1. The van der Waals surface area contributed by atoms with E-state index in [0.717, 1.165) is 6.20 Å². The summed E-state index contributed by atoms with van der Waals surface area (Å²) in [6, 6.07) is 5.61. The van der Waals surface area contributed by atoms with Gasteiger partial charge in [-0.25, -0.2) is 4.79 Å². The Bertz CT molecular complexity index is 631. The van der Waals surface area contributed by atoms with Crippen LogP contribution in [0.4, 0.5) is 5.82 Å². The van der Waals surface area contributed by atoms with Gasteiger partial charge in [0.25, 0.3) is 5.91 Å². The molecule has 98 valence electrons. The average molecular weight is 261 g/mol. The number of phenolic OH excluding ortho intramolecular Hbond substituents is 1. The topological polar surface area (TPSA) is 104 Å². The normalized spacial score (nSPS) is 10.2. The summed E-state index contributed by atoms with van der Waals surface area (Å²) in [6.45, 7) is 0. The van der Waals surface area contributed by atoms with Crippen molar-refractivity contribution in [1.82, 2.24) is 9.78 Å². The van der Waals surface area contributed by atoms with E-state index in [0.29, 0.717) is 5.56 Å². The SMILES string of the molecule is Cn1ncc(C(=O)O)c1NC(=O)c1ccc(O)cc1. The summed E-state index contributed by atoms with van der Waals surface area (Å²) in [4.78, 5) is 22.9. The summed E-state index contributed by atoms with van der Waals surface area (Å²) in [7, 11) is 1.53. The van der Waals surface area contributed by atoms with Crippen molar-refractivity contribution in [2.24, 2.45) is 7.05 Å². The molecule has 2 rings (SSSR count). The lowest BCUT2D eigenvalue weighted by Crippen LogP contribution is -2.16. The van der Waals surface area contributed by atoms with E-state index in [-0.39, 0.29) is 17.1 Å². The molecule has 0 saturated carbocycles. The number of carboxylic acids is 1. The molecule has 1 aromatic carbocycles. The number of anilines is 1. The van der Waals surface area contributed by atoms with Crippen molar-refractivity contribution in [3.05, 3.63) is 41.6 Å². The first-order chi connectivity index (χ1) is 8.99. The maximum absolute atomic E-state index is 11.9. The molecule has 1 heterocycles. The second kappa shape index (κ2) is 4.81. The van der Waals surface area contributed by atoms with Crippen molar-refractivity contribution in [2.45, 2.75) is 0 Å². The number of aryl methyl sites for hydroxylation is 1. The Labute approximate surface area is 108 Å². The highest BCUT2D eigenvalue weighted by atomic mass is 16.4. The first kappa shape index (κ1) is 12.6. The smallest absolute Gasteiger partial charge is 0.341 e. The Hall–Kier alpha value is -2.83. The van der Waals surface area contributed by atoms with Crippen molar-refractivity contribution in [2.75, 3.05) is 5.32 Å². The molecular formula is C12H11N3O4. The number of nitrogens with zero attached hydrogens (tertiary/aromatic N) is 2. The molecule has 0 saturated heterocycles. The van der Waals surface area contributed by atoms with Gasteiger partial charge in [-0.05, 0) is 24.3 Å². The molecule has 0 aliphatic rings. The molecule has 0 aliphatic carbocycles. The highest BCUT2D eigenvalue weighted by molar-refractivity contribution is 6.07. The molecule has 1 amide bonds. The van der Waals surface area contributed by atoms with Crippen LogP contribution in [0.25, 0.3) is 0 Å². The standard InChI is InChI=1S/C12H11N3O4/c1-15-10(9(6-13-15)12(18)19)14-11(17)7-2-4-8(16)5-3-7/h2-6,16H,1H3,(H,14,17)(H,18,19). The minimum absolute atomic E-state index is 0.0447. The Balaban J connectivity index is 2.26. The minimum Gasteiger partial charge on any atom is -0.508 e. The fraction of sp³-hybridized carbons (Fsp3) is 0.0833. The maximum atomic E-state index is 11.9. The number of aromatic hydroxyl groups is 1. The number of carboxylic acid groups (broad SMARTS) is 1. The van der Waals surface area contributed by atoms with E-state index in [1.807, 2.05) is 0 Å². The third-order valence-corrected chi connectivity index (χ3v) is 2.53. The molecule has 0 fully saturated rings. The lowest BCUT2D eigenvalue weighted by molar-refractivity contribution is 0.0698. The van der Waals surface area contributed by atoms with Gasteiger partial charge in [-0.2, -0.15) is 5.10 Å². The van der Waals surface area contributed by atoms with Gasteiger partial charge in [-0.1, -0.05) is 0 Å². The highest BCUT2D eigenvalue weighted by Crippen LogP contribution is 2.16. The molecule has 0 aliphatic heterocycles. The van der Waals surface area contributed by atoms with Gasteiger partial charge in [0, 0.05) is 12.6 Å². The summed E-state index contributed by atoms with van der Waals surface area (Å²) >= 11 is 0. The van der Waals surface area contributed by atoms with Crippen molar-refractivity contribution < 1.29 is 19.8 Å². The number of rotatable bonds is 3. The van der Waals surface area contributed by atoms with E-state index in [2.05, 4.69) is 10.4 Å². The number of amides is 1. The molecule has 0 spiro atoms. The average Bonchev–Trinajstić information content (AvgIpc) is 2.72. The van der Waals surface area contributed by atoms with Crippen LogP contribution in [0, 0.1) is 0 Å². The molecular weight excluding hydrogens is 250 g/mol. The zero-order valence-corrected chi connectivity index (χ0v) is 9.99. The molecule has 0 radical (unpaired) electrons. The van der Waals surface area contributed by atoms with Gasteiger partial charge in [0.2, 0.25) is 0 Å². The Morgan fingerprint density at radius 2 is 1.89 bits per heavy atom. The van der Waals surface area contributed by atoms with Gasteiger partial charge in [0.05, 0.1) is 6.20 Å². The van der Waals surface area contributed by atoms with Crippen molar-refractivity contribution in [1.29, 1.82) is 0 Å². The summed E-state index contributed by atoms with van der Waals surface area (Å²) < 4.78 is 1.27. The van der Waals surface area contributed by atoms with Crippen molar-refractivity contribution in [3.63, 3.8) is 0 Å². The summed E-state index contributed by atoms with van der Waals surface area (Å²) in [5.41, 5.74) is 0.213. The van der Waals surface area contributed by atoms with Gasteiger partial charge in [0.15, 0.2) is 0 Å². The second-order valence-corrected chi connectivity index (χ2v) is 3.84. The van der Waals surface area contributed by atoms with Crippen LogP contribution < -0.4 is 5.32 Å². The summed E-state index contributed by atoms with van der Waals surface area (Å²) in [5.74, 6) is -1.51. The van der Waals surface area contributed by atoms with Gasteiger partial charge in [-0.3, -0.25) is 9.48 Å². The fourth-order valence-electron chi connectivity index (χ4n) is 1.53.